The Kier molecular flexibility index (Phi) is 5.42. The maximum Gasteiger partial charge on any atom is 0.253 e. The van der Waals surface area contributed by atoms with E-state index in [0.29, 0.717) is 28.8 Å². The monoisotopic (exact) mass is 432 g/mol. The molecule has 4 rings (SSSR count). The lowest BCUT2D eigenvalue weighted by Crippen LogP contribution is -2.42. The van der Waals surface area contributed by atoms with Gasteiger partial charge >= 0.3 is 0 Å². The summed E-state index contributed by atoms with van der Waals surface area (Å²) in [7, 11) is -0.473. The second-order valence-electron chi connectivity index (χ2n) is 6.83. The van der Waals surface area contributed by atoms with Crippen molar-refractivity contribution in [3.8, 4) is 11.5 Å². The smallest absolute Gasteiger partial charge is 0.253 e. The Bertz CT molecular complexity index is 1120. The fourth-order valence-corrected chi connectivity index (χ4v) is 6.78. The highest BCUT2D eigenvalue weighted by Crippen LogP contribution is 2.42. The normalized spacial score (nSPS) is 17.1. The van der Waals surface area contributed by atoms with Gasteiger partial charge in [-0.15, -0.1) is 11.3 Å². The number of fused-ring (bicyclic) bond motifs is 1. The van der Waals surface area contributed by atoms with E-state index in [9.17, 15) is 8.42 Å². The largest absolute Gasteiger partial charge is 0.497 e. The van der Waals surface area contributed by atoms with E-state index in [1.54, 1.807) is 30.7 Å². The molecule has 2 aromatic heterocycles. The van der Waals surface area contributed by atoms with Crippen molar-refractivity contribution in [2.75, 3.05) is 20.8 Å². The van der Waals surface area contributed by atoms with Gasteiger partial charge in [-0.3, -0.25) is 0 Å². The van der Waals surface area contributed by atoms with Crippen molar-refractivity contribution in [2.24, 2.45) is 0 Å². The first-order chi connectivity index (χ1) is 14.0. The van der Waals surface area contributed by atoms with E-state index in [-0.39, 0.29) is 0 Å². The Hall–Kier alpha value is -2.29. The third kappa shape index (κ3) is 3.45. The van der Waals surface area contributed by atoms with E-state index in [4.69, 9.17) is 9.47 Å². The summed E-state index contributed by atoms with van der Waals surface area (Å²) in [5, 5.41) is 0. The van der Waals surface area contributed by atoms with Crippen molar-refractivity contribution >= 4 is 21.4 Å². The first-order valence-corrected chi connectivity index (χ1v) is 11.7. The molecular formula is C21H24N2O4S2. The van der Waals surface area contributed by atoms with Crippen molar-refractivity contribution in [3.63, 3.8) is 0 Å². The zero-order chi connectivity index (χ0) is 20.6. The number of rotatable bonds is 6. The maximum atomic E-state index is 13.6. The third-order valence-electron chi connectivity index (χ3n) is 5.28. The number of hydrogen-bond acceptors (Lipinski definition) is 5. The summed E-state index contributed by atoms with van der Waals surface area (Å²) in [5.74, 6) is 1.27. The van der Waals surface area contributed by atoms with E-state index >= 15 is 0 Å². The topological polar surface area (TPSA) is 60.8 Å². The van der Waals surface area contributed by atoms with Crippen molar-refractivity contribution in [2.45, 2.75) is 30.1 Å². The van der Waals surface area contributed by atoms with Gasteiger partial charge in [0.1, 0.15) is 15.7 Å². The van der Waals surface area contributed by atoms with Gasteiger partial charge in [-0.25, -0.2) is 8.42 Å². The minimum atomic E-state index is -3.66. The van der Waals surface area contributed by atoms with Crippen LogP contribution in [0.1, 0.15) is 29.1 Å². The van der Waals surface area contributed by atoms with Gasteiger partial charge in [0.15, 0.2) is 0 Å². The molecule has 0 bridgehead atoms. The van der Waals surface area contributed by atoms with Crippen LogP contribution in [0.5, 0.6) is 11.5 Å². The average Bonchev–Trinajstić information content (AvgIpc) is 3.42. The Morgan fingerprint density at radius 2 is 1.93 bits per heavy atom. The molecular weight excluding hydrogens is 408 g/mol. The van der Waals surface area contributed by atoms with Crippen LogP contribution in [0.3, 0.4) is 0 Å². The van der Waals surface area contributed by atoms with Crippen LogP contribution in [0.15, 0.2) is 52.9 Å². The second-order valence-corrected chi connectivity index (χ2v) is 10.1. The first kappa shape index (κ1) is 20.0. The van der Waals surface area contributed by atoms with E-state index in [1.807, 2.05) is 43.5 Å². The summed E-state index contributed by atoms with van der Waals surface area (Å²) in [6.45, 7) is 3.03. The van der Waals surface area contributed by atoms with Gasteiger partial charge < -0.3 is 14.0 Å². The first-order valence-electron chi connectivity index (χ1n) is 9.47. The molecule has 0 radical (unpaired) electrons. The number of hydrogen-bond donors (Lipinski definition) is 0. The van der Waals surface area contributed by atoms with Gasteiger partial charge in [0.05, 0.1) is 20.3 Å². The van der Waals surface area contributed by atoms with Gasteiger partial charge in [0.25, 0.3) is 10.0 Å². The van der Waals surface area contributed by atoms with Crippen molar-refractivity contribution in [3.05, 3.63) is 64.8 Å². The number of sulfonamides is 1. The SMILES string of the molecule is CCc1ccc(S(=O)(=O)N2CCn3cccc3C2c2ccc(OC)cc2OC)s1. The number of nitrogens with zero attached hydrogens (tertiary/aromatic N) is 2. The molecule has 0 saturated heterocycles. The minimum Gasteiger partial charge on any atom is -0.497 e. The Balaban J connectivity index is 1.86. The zero-order valence-corrected chi connectivity index (χ0v) is 18.3. The molecule has 1 aromatic carbocycles. The fraction of sp³-hybridized carbons (Fsp3) is 0.333. The fourth-order valence-electron chi connectivity index (χ4n) is 3.78. The lowest BCUT2D eigenvalue weighted by Gasteiger charge is -2.36. The van der Waals surface area contributed by atoms with Crippen LogP contribution in [0, 0.1) is 0 Å². The molecule has 1 aliphatic heterocycles. The van der Waals surface area contributed by atoms with Crippen LogP contribution in [-0.2, 0) is 23.0 Å². The van der Waals surface area contributed by atoms with Gasteiger partial charge in [0, 0.05) is 41.5 Å². The lowest BCUT2D eigenvalue weighted by molar-refractivity contribution is 0.290. The summed E-state index contributed by atoms with van der Waals surface area (Å²) in [6.07, 6.45) is 2.81. The molecule has 3 aromatic rings. The molecule has 1 aliphatic rings. The summed E-state index contributed by atoms with van der Waals surface area (Å²) >= 11 is 1.34. The Morgan fingerprint density at radius 3 is 2.62 bits per heavy atom. The highest BCUT2D eigenvalue weighted by molar-refractivity contribution is 7.91. The molecule has 6 nitrogen and oxygen atoms in total. The van der Waals surface area contributed by atoms with Gasteiger partial charge in [-0.1, -0.05) is 6.92 Å². The van der Waals surface area contributed by atoms with Crippen LogP contribution in [0.2, 0.25) is 0 Å². The van der Waals surface area contributed by atoms with Gasteiger partial charge in [-0.05, 0) is 42.8 Å². The molecule has 0 aliphatic carbocycles. The third-order valence-corrected chi connectivity index (χ3v) is 8.84. The highest BCUT2D eigenvalue weighted by atomic mass is 32.2. The van der Waals surface area contributed by atoms with Crippen molar-refractivity contribution in [1.82, 2.24) is 8.87 Å². The quantitative estimate of drug-likeness (QED) is 0.592. The number of ether oxygens (including phenoxy) is 2. The maximum absolute atomic E-state index is 13.6. The molecule has 0 spiro atoms. The van der Waals surface area contributed by atoms with Crippen LogP contribution in [-0.4, -0.2) is 38.1 Å². The Labute approximate surface area is 175 Å². The molecule has 0 N–H and O–H groups in total. The second kappa shape index (κ2) is 7.85. The van der Waals surface area contributed by atoms with Crippen LogP contribution >= 0.6 is 11.3 Å². The lowest BCUT2D eigenvalue weighted by atomic mass is 10.0. The number of methoxy groups -OCH3 is 2. The molecule has 3 heterocycles. The molecule has 0 amide bonds. The number of thiophene rings is 1. The number of aryl methyl sites for hydroxylation is 1. The Morgan fingerprint density at radius 1 is 1.10 bits per heavy atom. The standard InChI is InChI=1S/C21H24N2O4S2/c1-4-16-8-10-20(28-16)29(24,25)23-13-12-22-11-5-6-18(22)21(23)17-9-7-15(26-2)14-19(17)27-3/h5-11,14,21H,4,12-13H2,1-3H3. The molecule has 8 heteroatoms. The predicted molar refractivity (Wildman–Crippen MR) is 113 cm³/mol. The summed E-state index contributed by atoms with van der Waals surface area (Å²) in [6, 6.07) is 12.6. The number of aromatic nitrogens is 1. The average molecular weight is 433 g/mol. The number of benzene rings is 1. The highest BCUT2D eigenvalue weighted by Gasteiger charge is 2.39. The molecule has 1 atom stereocenters. The van der Waals surface area contributed by atoms with E-state index < -0.39 is 16.1 Å². The zero-order valence-electron chi connectivity index (χ0n) is 16.7. The van der Waals surface area contributed by atoms with Crippen LogP contribution in [0.4, 0.5) is 0 Å². The van der Waals surface area contributed by atoms with Gasteiger partial charge in [0.2, 0.25) is 0 Å². The summed E-state index contributed by atoms with van der Waals surface area (Å²) < 4.78 is 42.2. The van der Waals surface area contributed by atoms with Crippen molar-refractivity contribution in [1.29, 1.82) is 0 Å². The van der Waals surface area contributed by atoms with Crippen molar-refractivity contribution < 1.29 is 17.9 Å². The van der Waals surface area contributed by atoms with E-state index in [1.165, 1.54) is 11.3 Å². The molecule has 0 fully saturated rings. The van der Waals surface area contributed by atoms with Crippen LogP contribution < -0.4 is 9.47 Å². The van der Waals surface area contributed by atoms with E-state index in [2.05, 4.69) is 4.57 Å². The molecule has 0 saturated carbocycles. The minimum absolute atomic E-state index is 0.381. The molecule has 1 unspecified atom stereocenters. The molecule has 29 heavy (non-hydrogen) atoms. The van der Waals surface area contributed by atoms with E-state index in [0.717, 1.165) is 22.6 Å². The predicted octanol–water partition coefficient (Wildman–Crippen LogP) is 3.92. The van der Waals surface area contributed by atoms with Crippen LogP contribution in [0.25, 0.3) is 0 Å². The van der Waals surface area contributed by atoms with Gasteiger partial charge in [-0.2, -0.15) is 4.31 Å². The summed E-state index contributed by atoms with van der Waals surface area (Å²) in [4.78, 5) is 1.06. The molecule has 154 valence electrons. The summed E-state index contributed by atoms with van der Waals surface area (Å²) in [5.41, 5.74) is 1.72.